The average Bonchev–Trinajstić information content (AvgIpc) is 2.86. The third-order valence-electron chi connectivity index (χ3n) is 4.14. The molecule has 2 heterocycles. The molecule has 0 fully saturated rings. The zero-order chi connectivity index (χ0) is 15.8. The number of hydrogen-bond donors (Lipinski definition) is 0. The highest BCUT2D eigenvalue weighted by Gasteiger charge is 2.10. The molecule has 0 saturated carbocycles. The molecular weight excluding hydrogens is 284 g/mol. The fraction of sp³-hybridized carbons (Fsp3) is 0.211. The number of rotatable bonds is 3. The molecular formula is C19H18N4. The van der Waals surface area contributed by atoms with Crippen LogP contribution in [0.25, 0.3) is 21.8 Å². The summed E-state index contributed by atoms with van der Waals surface area (Å²) in [5.74, 6) is 2.43. The van der Waals surface area contributed by atoms with Gasteiger partial charge in [0.2, 0.25) is 0 Å². The predicted octanol–water partition coefficient (Wildman–Crippen LogP) is 3.84. The quantitative estimate of drug-likeness (QED) is 0.577. The van der Waals surface area contributed by atoms with Gasteiger partial charge in [-0.05, 0) is 26.0 Å². The number of aromatic nitrogens is 4. The minimum atomic E-state index is 0.787. The van der Waals surface area contributed by atoms with Gasteiger partial charge < -0.3 is 4.57 Å². The summed E-state index contributed by atoms with van der Waals surface area (Å²) >= 11 is 0. The Balaban J connectivity index is 1.78. The Morgan fingerprint density at radius 3 is 1.83 bits per heavy atom. The maximum absolute atomic E-state index is 4.46. The average molecular weight is 302 g/mol. The zero-order valence-electron chi connectivity index (χ0n) is 13.3. The molecule has 114 valence electrons. The Morgan fingerprint density at radius 1 is 0.739 bits per heavy atom. The standard InChI is InChI=1S/C19H18N4/c1-13-20-14(2)22-19(21-13)11-12-23-17-9-5-3-7-15(17)16-8-4-6-10-18(16)23/h3-10H,11-12H2,1-2H3. The van der Waals surface area contributed by atoms with Crippen molar-refractivity contribution in [3.8, 4) is 0 Å². The Labute approximate surface area is 134 Å². The molecule has 0 atom stereocenters. The Bertz CT molecular complexity index is 927. The molecule has 0 bridgehead atoms. The number of hydrogen-bond acceptors (Lipinski definition) is 3. The molecule has 0 N–H and O–H groups in total. The fourth-order valence-corrected chi connectivity index (χ4v) is 3.25. The Kier molecular flexibility index (Phi) is 3.30. The van der Waals surface area contributed by atoms with Gasteiger partial charge >= 0.3 is 0 Å². The first-order chi connectivity index (χ1) is 11.2. The second-order valence-corrected chi connectivity index (χ2v) is 5.78. The number of nitrogens with zero attached hydrogens (tertiary/aromatic N) is 4. The van der Waals surface area contributed by atoms with E-state index in [0.29, 0.717) is 0 Å². The van der Waals surface area contributed by atoms with Gasteiger partial charge in [-0.1, -0.05) is 36.4 Å². The molecule has 0 spiro atoms. The largest absolute Gasteiger partial charge is 0.340 e. The minimum absolute atomic E-state index is 0.787. The van der Waals surface area contributed by atoms with Crippen LogP contribution in [-0.4, -0.2) is 19.5 Å². The van der Waals surface area contributed by atoms with Crippen molar-refractivity contribution in [1.29, 1.82) is 0 Å². The van der Waals surface area contributed by atoms with Crippen molar-refractivity contribution in [2.75, 3.05) is 0 Å². The Hall–Kier alpha value is -2.75. The molecule has 4 heteroatoms. The van der Waals surface area contributed by atoms with Gasteiger partial charge in [0, 0.05) is 34.8 Å². The molecule has 2 aromatic heterocycles. The predicted molar refractivity (Wildman–Crippen MR) is 92.4 cm³/mol. The van der Waals surface area contributed by atoms with E-state index >= 15 is 0 Å². The van der Waals surface area contributed by atoms with Crippen molar-refractivity contribution in [1.82, 2.24) is 19.5 Å². The van der Waals surface area contributed by atoms with Crippen LogP contribution in [0.5, 0.6) is 0 Å². The molecule has 23 heavy (non-hydrogen) atoms. The van der Waals surface area contributed by atoms with Crippen LogP contribution in [0.15, 0.2) is 48.5 Å². The van der Waals surface area contributed by atoms with E-state index in [-0.39, 0.29) is 0 Å². The van der Waals surface area contributed by atoms with Gasteiger partial charge in [0.25, 0.3) is 0 Å². The third kappa shape index (κ3) is 2.46. The lowest BCUT2D eigenvalue weighted by molar-refractivity contribution is 0.694. The van der Waals surface area contributed by atoms with E-state index < -0.39 is 0 Å². The second kappa shape index (κ2) is 5.47. The van der Waals surface area contributed by atoms with Gasteiger partial charge in [0.05, 0.1) is 0 Å². The van der Waals surface area contributed by atoms with Crippen LogP contribution in [0.2, 0.25) is 0 Å². The van der Waals surface area contributed by atoms with Crippen molar-refractivity contribution in [2.45, 2.75) is 26.8 Å². The zero-order valence-corrected chi connectivity index (χ0v) is 13.3. The lowest BCUT2D eigenvalue weighted by atomic mass is 10.2. The summed E-state index contributed by atoms with van der Waals surface area (Å²) < 4.78 is 2.36. The summed E-state index contributed by atoms with van der Waals surface area (Å²) in [6.07, 6.45) is 0.798. The summed E-state index contributed by atoms with van der Waals surface area (Å²) in [5, 5.41) is 2.59. The van der Waals surface area contributed by atoms with Crippen molar-refractivity contribution in [2.24, 2.45) is 0 Å². The van der Waals surface area contributed by atoms with E-state index in [1.54, 1.807) is 0 Å². The maximum Gasteiger partial charge on any atom is 0.134 e. The van der Waals surface area contributed by atoms with E-state index in [9.17, 15) is 0 Å². The molecule has 0 aliphatic carbocycles. The highest BCUT2D eigenvalue weighted by molar-refractivity contribution is 6.07. The van der Waals surface area contributed by atoms with E-state index in [2.05, 4.69) is 68.0 Å². The van der Waals surface area contributed by atoms with Crippen molar-refractivity contribution in [3.05, 3.63) is 66.0 Å². The molecule has 4 nitrogen and oxygen atoms in total. The van der Waals surface area contributed by atoms with Crippen molar-refractivity contribution < 1.29 is 0 Å². The number of aryl methyl sites for hydroxylation is 4. The van der Waals surface area contributed by atoms with E-state index in [1.807, 2.05) is 13.8 Å². The van der Waals surface area contributed by atoms with Gasteiger partial charge in [-0.3, -0.25) is 0 Å². The molecule has 0 unspecified atom stereocenters. The minimum Gasteiger partial charge on any atom is -0.340 e. The maximum atomic E-state index is 4.46. The second-order valence-electron chi connectivity index (χ2n) is 5.78. The summed E-state index contributed by atoms with van der Waals surface area (Å²) in [5.41, 5.74) is 2.52. The smallest absolute Gasteiger partial charge is 0.134 e. The molecule has 4 rings (SSSR count). The molecule has 2 aromatic carbocycles. The lowest BCUT2D eigenvalue weighted by Crippen LogP contribution is -2.07. The van der Waals surface area contributed by atoms with Crippen LogP contribution in [0, 0.1) is 13.8 Å². The summed E-state index contributed by atoms with van der Waals surface area (Å²) in [4.78, 5) is 13.2. The number of fused-ring (bicyclic) bond motifs is 3. The van der Waals surface area contributed by atoms with Crippen LogP contribution < -0.4 is 0 Å². The summed E-state index contributed by atoms with van der Waals surface area (Å²) in [6, 6.07) is 17.1. The van der Waals surface area contributed by atoms with Gasteiger partial charge in [-0.25, -0.2) is 15.0 Å². The molecule has 0 radical (unpaired) electrons. The monoisotopic (exact) mass is 302 g/mol. The molecule has 0 aliphatic heterocycles. The molecule has 0 saturated heterocycles. The van der Waals surface area contributed by atoms with Gasteiger partial charge in [0.15, 0.2) is 0 Å². The number of benzene rings is 2. The fourth-order valence-electron chi connectivity index (χ4n) is 3.25. The topological polar surface area (TPSA) is 43.6 Å². The molecule has 0 aliphatic rings. The normalized spacial score (nSPS) is 11.4. The highest BCUT2D eigenvalue weighted by Crippen LogP contribution is 2.28. The highest BCUT2D eigenvalue weighted by atomic mass is 15.0. The van der Waals surface area contributed by atoms with Crippen LogP contribution in [0.4, 0.5) is 0 Å². The molecule has 0 amide bonds. The van der Waals surface area contributed by atoms with Gasteiger partial charge in [0.1, 0.15) is 17.5 Å². The first-order valence-electron chi connectivity index (χ1n) is 7.86. The summed E-state index contributed by atoms with van der Waals surface area (Å²) in [6.45, 7) is 4.69. The summed E-state index contributed by atoms with van der Waals surface area (Å²) in [7, 11) is 0. The first-order valence-corrected chi connectivity index (χ1v) is 7.86. The Morgan fingerprint density at radius 2 is 1.26 bits per heavy atom. The van der Waals surface area contributed by atoms with Crippen LogP contribution in [0.3, 0.4) is 0 Å². The van der Waals surface area contributed by atoms with Crippen molar-refractivity contribution in [3.63, 3.8) is 0 Å². The third-order valence-corrected chi connectivity index (χ3v) is 4.14. The van der Waals surface area contributed by atoms with E-state index in [1.165, 1.54) is 21.8 Å². The number of para-hydroxylation sites is 2. The van der Waals surface area contributed by atoms with E-state index in [0.717, 1.165) is 30.4 Å². The van der Waals surface area contributed by atoms with Crippen LogP contribution in [0.1, 0.15) is 17.5 Å². The van der Waals surface area contributed by atoms with Crippen molar-refractivity contribution >= 4 is 21.8 Å². The first kappa shape index (κ1) is 13.9. The van der Waals surface area contributed by atoms with Gasteiger partial charge in [-0.2, -0.15) is 0 Å². The van der Waals surface area contributed by atoms with Crippen LogP contribution >= 0.6 is 0 Å². The van der Waals surface area contributed by atoms with Crippen LogP contribution in [-0.2, 0) is 13.0 Å². The molecule has 4 aromatic rings. The lowest BCUT2D eigenvalue weighted by Gasteiger charge is -2.07. The van der Waals surface area contributed by atoms with E-state index in [4.69, 9.17) is 0 Å². The van der Waals surface area contributed by atoms with Gasteiger partial charge in [-0.15, -0.1) is 0 Å². The SMILES string of the molecule is Cc1nc(C)nc(CCn2c3ccccc3c3ccccc32)n1.